The standard InChI is InChI=1S/C15H15NSe/c16-15-13-9-5-4-6-11(13)10-14(15)17-12-7-2-1-3-8-12/h1-9,14-15H,10,16H2/t14-,15-/m0/s1. The van der Waals surface area contributed by atoms with Crippen molar-refractivity contribution in [2.75, 3.05) is 0 Å². The molecule has 86 valence electrons. The molecule has 0 heterocycles. The molecule has 0 bridgehead atoms. The Labute approximate surface area is 108 Å². The van der Waals surface area contributed by atoms with Crippen LogP contribution in [0, 0.1) is 0 Å². The Morgan fingerprint density at radius 1 is 0.941 bits per heavy atom. The molecule has 0 spiro atoms. The minimum absolute atomic E-state index is 0.228. The maximum atomic E-state index is 6.35. The van der Waals surface area contributed by atoms with E-state index in [1.165, 1.54) is 15.6 Å². The van der Waals surface area contributed by atoms with E-state index >= 15 is 0 Å². The fourth-order valence-corrected chi connectivity index (χ4v) is 4.94. The predicted molar refractivity (Wildman–Crippen MR) is 72.7 cm³/mol. The summed E-state index contributed by atoms with van der Waals surface area (Å²) in [6.07, 6.45) is 1.15. The van der Waals surface area contributed by atoms with Crippen LogP contribution in [-0.2, 0) is 6.42 Å². The van der Waals surface area contributed by atoms with Crippen LogP contribution < -0.4 is 10.2 Å². The zero-order valence-electron chi connectivity index (χ0n) is 9.54. The number of hydrogen-bond acceptors (Lipinski definition) is 1. The molecule has 0 amide bonds. The minimum atomic E-state index is 0.228. The molecule has 0 saturated carbocycles. The third kappa shape index (κ3) is 2.16. The molecule has 0 saturated heterocycles. The zero-order valence-corrected chi connectivity index (χ0v) is 11.3. The first-order valence-electron chi connectivity index (χ1n) is 5.90. The van der Waals surface area contributed by atoms with E-state index in [2.05, 4.69) is 54.6 Å². The van der Waals surface area contributed by atoms with Gasteiger partial charge in [-0.05, 0) is 0 Å². The van der Waals surface area contributed by atoms with Crippen LogP contribution >= 0.6 is 0 Å². The summed E-state index contributed by atoms with van der Waals surface area (Å²) in [5.74, 6) is 0. The zero-order chi connectivity index (χ0) is 11.7. The third-order valence-corrected chi connectivity index (χ3v) is 6.01. The molecule has 0 aromatic heterocycles. The average Bonchev–Trinajstić information content (AvgIpc) is 2.68. The van der Waals surface area contributed by atoms with Crippen LogP contribution in [-0.4, -0.2) is 15.0 Å². The Kier molecular flexibility index (Phi) is 3.02. The Hall–Kier alpha value is -1.08. The number of benzene rings is 2. The second-order valence-electron chi connectivity index (χ2n) is 4.40. The van der Waals surface area contributed by atoms with E-state index in [9.17, 15) is 0 Å². The number of fused-ring (bicyclic) bond motifs is 1. The van der Waals surface area contributed by atoms with Crippen molar-refractivity contribution in [3.63, 3.8) is 0 Å². The maximum absolute atomic E-state index is 6.35. The number of rotatable bonds is 2. The summed E-state index contributed by atoms with van der Waals surface area (Å²) < 4.78 is 1.45. The summed E-state index contributed by atoms with van der Waals surface area (Å²) in [6.45, 7) is 0. The second kappa shape index (κ2) is 4.66. The monoisotopic (exact) mass is 289 g/mol. The normalized spacial score (nSPS) is 22.4. The molecule has 2 heteroatoms. The molecule has 0 unspecified atom stereocenters. The van der Waals surface area contributed by atoms with Crippen LogP contribution in [0.4, 0.5) is 0 Å². The van der Waals surface area contributed by atoms with Crippen molar-refractivity contribution in [3.05, 3.63) is 65.7 Å². The first-order chi connectivity index (χ1) is 8.34. The van der Waals surface area contributed by atoms with Gasteiger partial charge in [-0.2, -0.15) is 0 Å². The first-order valence-corrected chi connectivity index (χ1v) is 7.74. The van der Waals surface area contributed by atoms with Gasteiger partial charge in [-0.1, -0.05) is 0 Å². The molecule has 1 aliphatic rings. The molecule has 0 radical (unpaired) electrons. The van der Waals surface area contributed by atoms with Gasteiger partial charge in [0.15, 0.2) is 0 Å². The Balaban J connectivity index is 1.81. The van der Waals surface area contributed by atoms with E-state index in [1.54, 1.807) is 0 Å². The van der Waals surface area contributed by atoms with Crippen molar-refractivity contribution >= 4 is 19.4 Å². The Bertz CT molecular complexity index is 509. The molecule has 3 rings (SSSR count). The van der Waals surface area contributed by atoms with E-state index in [-0.39, 0.29) is 6.04 Å². The molecular formula is C15H15NSe. The van der Waals surface area contributed by atoms with Crippen molar-refractivity contribution in [1.29, 1.82) is 0 Å². The number of hydrogen-bond donors (Lipinski definition) is 1. The van der Waals surface area contributed by atoms with Gasteiger partial charge in [0, 0.05) is 0 Å². The average molecular weight is 288 g/mol. The molecule has 1 aliphatic carbocycles. The predicted octanol–water partition coefficient (Wildman–Crippen LogP) is 2.06. The van der Waals surface area contributed by atoms with E-state index in [0.717, 1.165) is 6.42 Å². The van der Waals surface area contributed by atoms with Crippen LogP contribution in [0.1, 0.15) is 17.2 Å². The van der Waals surface area contributed by atoms with Crippen molar-refractivity contribution in [2.45, 2.75) is 17.3 Å². The number of nitrogens with two attached hydrogens (primary N) is 1. The molecule has 17 heavy (non-hydrogen) atoms. The summed E-state index contributed by atoms with van der Waals surface area (Å²) in [4.78, 5) is 0.613. The fourth-order valence-electron chi connectivity index (χ4n) is 2.38. The van der Waals surface area contributed by atoms with Gasteiger partial charge in [0.25, 0.3) is 0 Å². The van der Waals surface area contributed by atoms with Crippen LogP contribution in [0.3, 0.4) is 0 Å². The van der Waals surface area contributed by atoms with E-state index < -0.39 is 0 Å². The Morgan fingerprint density at radius 2 is 1.65 bits per heavy atom. The summed E-state index contributed by atoms with van der Waals surface area (Å²) in [5.41, 5.74) is 9.16. The van der Waals surface area contributed by atoms with Gasteiger partial charge in [-0.3, -0.25) is 0 Å². The van der Waals surface area contributed by atoms with Gasteiger partial charge in [-0.15, -0.1) is 0 Å². The van der Waals surface area contributed by atoms with Crippen molar-refractivity contribution in [2.24, 2.45) is 5.73 Å². The molecule has 2 aromatic rings. The van der Waals surface area contributed by atoms with Crippen LogP contribution in [0.15, 0.2) is 54.6 Å². The van der Waals surface area contributed by atoms with E-state index in [0.29, 0.717) is 19.8 Å². The fraction of sp³-hybridized carbons (Fsp3) is 0.200. The Morgan fingerprint density at radius 3 is 2.41 bits per heavy atom. The van der Waals surface area contributed by atoms with Crippen molar-refractivity contribution in [1.82, 2.24) is 0 Å². The van der Waals surface area contributed by atoms with Gasteiger partial charge >= 0.3 is 108 Å². The summed E-state index contributed by atoms with van der Waals surface area (Å²) >= 11 is 0.472. The van der Waals surface area contributed by atoms with Crippen molar-refractivity contribution in [3.8, 4) is 0 Å². The van der Waals surface area contributed by atoms with Gasteiger partial charge < -0.3 is 0 Å². The summed E-state index contributed by atoms with van der Waals surface area (Å²) in [5, 5.41) is 0. The molecular weight excluding hydrogens is 273 g/mol. The van der Waals surface area contributed by atoms with Crippen molar-refractivity contribution < 1.29 is 0 Å². The molecule has 2 atom stereocenters. The van der Waals surface area contributed by atoms with Gasteiger partial charge in [0.1, 0.15) is 0 Å². The molecule has 2 aromatic carbocycles. The molecule has 2 N–H and O–H groups in total. The SMILES string of the molecule is N[C@H]1c2ccccc2C[C@@H]1[Se]c1ccccc1. The summed E-state index contributed by atoms with van der Waals surface area (Å²) in [7, 11) is 0. The van der Waals surface area contributed by atoms with Crippen LogP contribution in [0.25, 0.3) is 0 Å². The molecule has 1 nitrogen and oxygen atoms in total. The summed E-state index contributed by atoms with van der Waals surface area (Å²) in [6, 6.07) is 19.6. The van der Waals surface area contributed by atoms with E-state index in [4.69, 9.17) is 5.73 Å². The van der Waals surface area contributed by atoms with Gasteiger partial charge in [0.05, 0.1) is 0 Å². The molecule has 0 aliphatic heterocycles. The van der Waals surface area contributed by atoms with Gasteiger partial charge in [-0.25, -0.2) is 0 Å². The molecule has 0 fully saturated rings. The van der Waals surface area contributed by atoms with Crippen LogP contribution in [0.5, 0.6) is 0 Å². The second-order valence-corrected chi connectivity index (χ2v) is 7.15. The first kappa shape index (κ1) is 11.0. The topological polar surface area (TPSA) is 26.0 Å². The third-order valence-electron chi connectivity index (χ3n) is 3.27. The quantitative estimate of drug-likeness (QED) is 0.841. The van der Waals surface area contributed by atoms with Gasteiger partial charge in [0.2, 0.25) is 0 Å². The van der Waals surface area contributed by atoms with Crippen LogP contribution in [0.2, 0.25) is 4.82 Å². The van der Waals surface area contributed by atoms with E-state index in [1.807, 2.05) is 0 Å².